The monoisotopic (exact) mass is 509 g/mol. The van der Waals surface area contributed by atoms with Crippen LogP contribution in [0, 0.1) is 11.6 Å². The smallest absolute Gasteiger partial charge is 0.410 e. The molecule has 0 N–H and O–H groups in total. The molecule has 1 amide bonds. The number of piperidine rings is 2. The summed E-state index contributed by atoms with van der Waals surface area (Å²) in [5.74, 6) is -1.81. The minimum absolute atomic E-state index is 0.0262. The van der Waals surface area contributed by atoms with Crippen LogP contribution in [0.15, 0.2) is 17.3 Å². The Kier molecular flexibility index (Phi) is 9.13. The molecule has 0 spiro atoms. The molecule has 0 bridgehead atoms. The van der Waals surface area contributed by atoms with E-state index in [1.807, 2.05) is 13.8 Å². The fraction of sp³-hybridized carbons (Fsp3) is 0.654. The minimum Gasteiger partial charge on any atom is -0.460 e. The summed E-state index contributed by atoms with van der Waals surface area (Å²) in [6, 6.07) is 2.22. The van der Waals surface area contributed by atoms with Crippen LogP contribution in [0.1, 0.15) is 65.9 Å². The van der Waals surface area contributed by atoms with Crippen LogP contribution < -0.4 is 4.90 Å². The molecule has 1 aromatic carbocycles. The summed E-state index contributed by atoms with van der Waals surface area (Å²) >= 11 is 0. The number of hydrogen-bond donors (Lipinski definition) is 0. The molecule has 0 radical (unpaired) electrons. The molecular formula is C26H37F2N3O5. The summed E-state index contributed by atoms with van der Waals surface area (Å²) < 4.78 is 39.9. The van der Waals surface area contributed by atoms with Crippen molar-refractivity contribution in [1.82, 2.24) is 4.90 Å². The molecule has 0 aromatic heterocycles. The highest BCUT2D eigenvalue weighted by Gasteiger charge is 2.26. The van der Waals surface area contributed by atoms with E-state index in [4.69, 9.17) is 14.3 Å². The van der Waals surface area contributed by atoms with E-state index in [2.05, 4.69) is 5.16 Å². The Bertz CT molecular complexity index is 959. The standard InChI is InChI=1S/C26H37F2N3O5/c1-17(2)34-25(33)31-12-8-20(9-13-31)36-29-19-6-10-30(11-7-19)23-16-21(27)18(14-22(23)28)15-24(32)35-26(3,4)5/h14,16-17,20H,6-13,15H2,1-5H3. The quantitative estimate of drug-likeness (QED) is 0.404. The normalized spacial score (nSPS) is 17.3. The summed E-state index contributed by atoms with van der Waals surface area (Å²) in [4.78, 5) is 33.2. The number of carbonyl (C=O) groups is 2. The largest absolute Gasteiger partial charge is 0.460 e. The number of benzene rings is 1. The third kappa shape index (κ3) is 8.06. The number of ether oxygens (including phenoxy) is 2. The number of amides is 1. The number of oxime groups is 1. The zero-order valence-corrected chi connectivity index (χ0v) is 21.8. The average Bonchev–Trinajstić information content (AvgIpc) is 2.79. The topological polar surface area (TPSA) is 80.7 Å². The van der Waals surface area contributed by atoms with Crippen molar-refractivity contribution >= 4 is 23.5 Å². The van der Waals surface area contributed by atoms with E-state index in [9.17, 15) is 18.4 Å². The number of halogens is 2. The summed E-state index contributed by atoms with van der Waals surface area (Å²) in [7, 11) is 0. The fourth-order valence-corrected chi connectivity index (χ4v) is 4.15. The van der Waals surface area contributed by atoms with Gasteiger partial charge in [0, 0.05) is 63.5 Å². The Morgan fingerprint density at radius 1 is 1.06 bits per heavy atom. The van der Waals surface area contributed by atoms with Crippen molar-refractivity contribution in [1.29, 1.82) is 0 Å². The fourth-order valence-electron chi connectivity index (χ4n) is 4.15. The van der Waals surface area contributed by atoms with Crippen molar-refractivity contribution < 1.29 is 32.7 Å². The van der Waals surface area contributed by atoms with Gasteiger partial charge in [0.25, 0.3) is 0 Å². The second-order valence-electron chi connectivity index (χ2n) is 10.5. The number of esters is 1. The molecule has 200 valence electrons. The lowest BCUT2D eigenvalue weighted by Gasteiger charge is -2.32. The molecule has 2 saturated heterocycles. The maximum absolute atomic E-state index is 14.8. The van der Waals surface area contributed by atoms with Crippen LogP contribution >= 0.6 is 0 Å². The second kappa shape index (κ2) is 11.9. The third-order valence-corrected chi connectivity index (χ3v) is 5.92. The molecule has 36 heavy (non-hydrogen) atoms. The lowest BCUT2D eigenvalue weighted by molar-refractivity contribution is -0.154. The molecule has 2 aliphatic rings. The molecule has 8 nitrogen and oxygen atoms in total. The van der Waals surface area contributed by atoms with Crippen molar-refractivity contribution in [2.24, 2.45) is 5.16 Å². The predicted octanol–water partition coefficient (Wildman–Crippen LogP) is 4.83. The van der Waals surface area contributed by atoms with Gasteiger partial charge >= 0.3 is 12.1 Å². The molecule has 3 rings (SSSR count). The van der Waals surface area contributed by atoms with E-state index < -0.39 is 23.2 Å². The molecule has 2 aliphatic heterocycles. The Morgan fingerprint density at radius 3 is 2.28 bits per heavy atom. The van der Waals surface area contributed by atoms with Crippen molar-refractivity contribution in [3.05, 3.63) is 29.3 Å². The summed E-state index contributed by atoms with van der Waals surface area (Å²) in [6.07, 6.45) is 1.65. The zero-order chi connectivity index (χ0) is 26.5. The predicted molar refractivity (Wildman–Crippen MR) is 132 cm³/mol. The lowest BCUT2D eigenvalue weighted by atomic mass is 10.1. The molecule has 0 aliphatic carbocycles. The Hall–Kier alpha value is -2.91. The van der Waals surface area contributed by atoms with Crippen LogP contribution in [0.4, 0.5) is 19.3 Å². The summed E-state index contributed by atoms with van der Waals surface area (Å²) in [5.41, 5.74) is 0.319. The first-order chi connectivity index (χ1) is 16.9. The molecule has 0 atom stereocenters. The van der Waals surface area contributed by atoms with Gasteiger partial charge in [-0.05, 0) is 40.7 Å². The van der Waals surface area contributed by atoms with E-state index in [1.165, 1.54) is 0 Å². The molecule has 1 aromatic rings. The SMILES string of the molecule is CC(C)OC(=O)N1CCC(ON=C2CCN(c3cc(F)c(CC(=O)OC(C)(C)C)cc3F)CC2)CC1. The average molecular weight is 510 g/mol. The van der Waals surface area contributed by atoms with Gasteiger partial charge in [0.05, 0.1) is 23.9 Å². The van der Waals surface area contributed by atoms with Crippen LogP contribution in [-0.2, 0) is 25.5 Å². The molecule has 2 fully saturated rings. The maximum Gasteiger partial charge on any atom is 0.410 e. The Morgan fingerprint density at radius 2 is 1.69 bits per heavy atom. The first-order valence-electron chi connectivity index (χ1n) is 12.5. The molecule has 0 saturated carbocycles. The van der Waals surface area contributed by atoms with Gasteiger partial charge < -0.3 is 24.1 Å². The van der Waals surface area contributed by atoms with Gasteiger partial charge in [-0.25, -0.2) is 13.6 Å². The summed E-state index contributed by atoms with van der Waals surface area (Å²) in [5, 5.41) is 4.31. The highest BCUT2D eigenvalue weighted by atomic mass is 19.1. The van der Waals surface area contributed by atoms with Gasteiger partial charge in [0.15, 0.2) is 0 Å². The number of carbonyl (C=O) groups excluding carboxylic acids is 2. The van der Waals surface area contributed by atoms with Gasteiger partial charge in [0.2, 0.25) is 0 Å². The maximum atomic E-state index is 14.8. The van der Waals surface area contributed by atoms with Crippen molar-refractivity contribution in [3.8, 4) is 0 Å². The van der Waals surface area contributed by atoms with E-state index in [1.54, 1.807) is 30.6 Å². The van der Waals surface area contributed by atoms with E-state index in [0.29, 0.717) is 51.9 Å². The van der Waals surface area contributed by atoms with Gasteiger partial charge in [-0.15, -0.1) is 0 Å². The van der Waals surface area contributed by atoms with Crippen molar-refractivity contribution in [2.75, 3.05) is 31.1 Å². The van der Waals surface area contributed by atoms with Crippen LogP contribution in [-0.4, -0.2) is 66.7 Å². The number of likely N-dealkylation sites (tertiary alicyclic amines) is 1. The molecule has 2 heterocycles. The molecule has 0 unspecified atom stereocenters. The first-order valence-corrected chi connectivity index (χ1v) is 12.5. The Balaban J connectivity index is 1.48. The van der Waals surface area contributed by atoms with E-state index >= 15 is 0 Å². The lowest BCUT2D eigenvalue weighted by Crippen LogP contribution is -2.41. The zero-order valence-electron chi connectivity index (χ0n) is 21.8. The van der Waals surface area contributed by atoms with Crippen molar-refractivity contribution in [3.63, 3.8) is 0 Å². The van der Waals surface area contributed by atoms with E-state index in [0.717, 1.165) is 17.8 Å². The molecule has 10 heteroatoms. The van der Waals surface area contributed by atoms with Gasteiger partial charge in [0.1, 0.15) is 23.3 Å². The highest BCUT2D eigenvalue weighted by molar-refractivity contribution is 5.86. The van der Waals surface area contributed by atoms with Crippen molar-refractivity contribution in [2.45, 2.75) is 84.5 Å². The van der Waals surface area contributed by atoms with Gasteiger partial charge in [-0.1, -0.05) is 5.16 Å². The molecular weight excluding hydrogens is 472 g/mol. The number of hydrogen-bond acceptors (Lipinski definition) is 7. The van der Waals surface area contributed by atoms with Gasteiger partial charge in [-0.2, -0.15) is 0 Å². The second-order valence-corrected chi connectivity index (χ2v) is 10.5. The summed E-state index contributed by atoms with van der Waals surface area (Å²) in [6.45, 7) is 10.9. The Labute approximate surface area is 211 Å². The number of rotatable bonds is 6. The third-order valence-electron chi connectivity index (χ3n) is 5.92. The van der Waals surface area contributed by atoms with Crippen LogP contribution in [0.3, 0.4) is 0 Å². The highest BCUT2D eigenvalue weighted by Crippen LogP contribution is 2.27. The van der Waals surface area contributed by atoms with E-state index in [-0.39, 0.29) is 36.0 Å². The van der Waals surface area contributed by atoms with Crippen LogP contribution in [0.2, 0.25) is 0 Å². The number of anilines is 1. The van der Waals surface area contributed by atoms with Crippen LogP contribution in [0.5, 0.6) is 0 Å². The van der Waals surface area contributed by atoms with Gasteiger partial charge in [-0.3, -0.25) is 4.79 Å². The number of nitrogens with zero attached hydrogens (tertiary/aromatic N) is 3. The first kappa shape index (κ1) is 27.7. The minimum atomic E-state index is -0.693. The van der Waals surface area contributed by atoms with Crippen LogP contribution in [0.25, 0.3) is 0 Å².